The van der Waals surface area contributed by atoms with Crippen molar-refractivity contribution in [3.8, 4) is 5.75 Å². The average molecular weight is 268 g/mol. The van der Waals surface area contributed by atoms with Gasteiger partial charge in [0.15, 0.2) is 0 Å². The Kier molecular flexibility index (Phi) is 3.33. The van der Waals surface area contributed by atoms with E-state index in [1.165, 1.54) is 0 Å². The van der Waals surface area contributed by atoms with Crippen molar-refractivity contribution >= 4 is 11.5 Å². The maximum atomic E-state index is 5.61. The number of ether oxygens (including phenoxy) is 1. The van der Waals surface area contributed by atoms with Crippen molar-refractivity contribution in [2.24, 2.45) is 5.10 Å². The quantitative estimate of drug-likeness (QED) is 0.851. The van der Waals surface area contributed by atoms with Gasteiger partial charge in [0.2, 0.25) is 0 Å². The van der Waals surface area contributed by atoms with Gasteiger partial charge in [-0.3, -0.25) is 5.43 Å². The molecule has 1 aliphatic heterocycles. The molecule has 102 valence electrons. The van der Waals surface area contributed by atoms with Gasteiger partial charge in [-0.2, -0.15) is 5.10 Å². The molecule has 0 saturated carbocycles. The van der Waals surface area contributed by atoms with Crippen LogP contribution in [0.2, 0.25) is 0 Å². The van der Waals surface area contributed by atoms with Crippen molar-refractivity contribution in [2.75, 3.05) is 12.0 Å². The molecule has 0 aliphatic carbocycles. The summed E-state index contributed by atoms with van der Waals surface area (Å²) < 4.78 is 5.61. The fourth-order valence-electron chi connectivity index (χ4n) is 2.24. The lowest BCUT2D eigenvalue weighted by molar-refractivity contribution is 0.320. The summed E-state index contributed by atoms with van der Waals surface area (Å²) in [7, 11) is 0. The molecule has 0 unspecified atom stereocenters. The van der Waals surface area contributed by atoms with Crippen LogP contribution in [0.4, 0.5) is 5.82 Å². The van der Waals surface area contributed by atoms with Crippen molar-refractivity contribution in [2.45, 2.75) is 20.3 Å². The van der Waals surface area contributed by atoms with Crippen molar-refractivity contribution in [1.29, 1.82) is 0 Å². The zero-order chi connectivity index (χ0) is 13.9. The summed E-state index contributed by atoms with van der Waals surface area (Å²) in [6.45, 7) is 4.46. The van der Waals surface area contributed by atoms with Crippen LogP contribution in [0.15, 0.2) is 35.4 Å². The maximum absolute atomic E-state index is 5.61. The Balaban J connectivity index is 1.87. The van der Waals surface area contributed by atoms with Gasteiger partial charge < -0.3 is 4.74 Å². The molecular formula is C15H16N4O. The number of aryl methyl sites for hydroxylation is 2. The van der Waals surface area contributed by atoms with Crippen molar-refractivity contribution in [1.82, 2.24) is 9.97 Å². The summed E-state index contributed by atoms with van der Waals surface area (Å²) in [5.41, 5.74) is 5.96. The largest absolute Gasteiger partial charge is 0.492 e. The number of nitrogens with zero attached hydrogens (tertiary/aromatic N) is 3. The second kappa shape index (κ2) is 5.28. The Morgan fingerprint density at radius 3 is 2.90 bits per heavy atom. The minimum absolute atomic E-state index is 0.652. The number of benzene rings is 1. The standard InChI is InChI=1S/C15H16N4O/c1-10-9-15(17-11(2)16-10)19-18-13-7-8-20-14-6-4-3-5-12(13)14/h3-6,9H,7-8H2,1-2H3,(H,16,17,19). The van der Waals surface area contributed by atoms with Gasteiger partial charge in [0.05, 0.1) is 12.3 Å². The van der Waals surface area contributed by atoms with Gasteiger partial charge in [-0.25, -0.2) is 9.97 Å². The first-order valence-corrected chi connectivity index (χ1v) is 6.59. The van der Waals surface area contributed by atoms with E-state index in [1.807, 2.05) is 44.2 Å². The number of rotatable bonds is 2. The number of aromatic nitrogens is 2. The molecule has 5 nitrogen and oxygen atoms in total. The number of fused-ring (bicyclic) bond motifs is 1. The van der Waals surface area contributed by atoms with Gasteiger partial charge in [0, 0.05) is 23.7 Å². The van der Waals surface area contributed by atoms with Crippen molar-refractivity contribution < 1.29 is 4.74 Å². The smallest absolute Gasteiger partial charge is 0.150 e. The Hall–Kier alpha value is -2.43. The van der Waals surface area contributed by atoms with Gasteiger partial charge in [-0.1, -0.05) is 12.1 Å². The van der Waals surface area contributed by atoms with E-state index >= 15 is 0 Å². The van der Waals surface area contributed by atoms with Crippen LogP contribution >= 0.6 is 0 Å². The molecule has 0 radical (unpaired) electrons. The molecule has 2 heterocycles. The molecule has 0 saturated heterocycles. The third-order valence-electron chi connectivity index (χ3n) is 3.07. The second-order valence-electron chi connectivity index (χ2n) is 4.71. The number of hydrogen-bond acceptors (Lipinski definition) is 5. The molecule has 5 heteroatoms. The van der Waals surface area contributed by atoms with Gasteiger partial charge in [-0.15, -0.1) is 0 Å². The predicted octanol–water partition coefficient (Wildman–Crippen LogP) is 2.69. The van der Waals surface area contributed by atoms with Crippen LogP contribution in [0.3, 0.4) is 0 Å². The monoisotopic (exact) mass is 268 g/mol. The molecule has 0 amide bonds. The Labute approximate surface area is 117 Å². The first kappa shape index (κ1) is 12.6. The van der Waals surface area contributed by atoms with Gasteiger partial charge in [0.1, 0.15) is 17.4 Å². The summed E-state index contributed by atoms with van der Waals surface area (Å²) in [5, 5.41) is 4.47. The second-order valence-corrected chi connectivity index (χ2v) is 4.71. The van der Waals surface area contributed by atoms with Crippen molar-refractivity contribution in [3.05, 3.63) is 47.4 Å². The summed E-state index contributed by atoms with van der Waals surface area (Å²) in [5.74, 6) is 2.33. The third-order valence-corrected chi connectivity index (χ3v) is 3.07. The summed E-state index contributed by atoms with van der Waals surface area (Å²) in [6.07, 6.45) is 0.785. The zero-order valence-corrected chi connectivity index (χ0v) is 11.6. The molecule has 3 rings (SSSR count). The maximum Gasteiger partial charge on any atom is 0.150 e. The molecule has 1 aromatic carbocycles. The fourth-order valence-corrected chi connectivity index (χ4v) is 2.24. The fraction of sp³-hybridized carbons (Fsp3) is 0.267. The Morgan fingerprint density at radius 2 is 2.05 bits per heavy atom. The highest BCUT2D eigenvalue weighted by Crippen LogP contribution is 2.24. The highest BCUT2D eigenvalue weighted by Gasteiger charge is 2.15. The lowest BCUT2D eigenvalue weighted by atomic mass is 10.0. The Bertz CT molecular complexity index is 646. The first-order valence-electron chi connectivity index (χ1n) is 6.59. The number of hydrazone groups is 1. The average Bonchev–Trinajstić information content (AvgIpc) is 2.44. The molecule has 0 fully saturated rings. The van der Waals surface area contributed by atoms with Crippen molar-refractivity contribution in [3.63, 3.8) is 0 Å². The molecule has 1 aromatic heterocycles. The molecule has 1 aliphatic rings. The van der Waals surface area contributed by atoms with E-state index in [9.17, 15) is 0 Å². The molecule has 0 spiro atoms. The van der Waals surface area contributed by atoms with Crippen LogP contribution < -0.4 is 10.2 Å². The van der Waals surface area contributed by atoms with E-state index in [0.29, 0.717) is 12.4 Å². The summed E-state index contributed by atoms with van der Waals surface area (Å²) >= 11 is 0. The van der Waals surface area contributed by atoms with Gasteiger partial charge >= 0.3 is 0 Å². The number of nitrogens with one attached hydrogen (secondary N) is 1. The highest BCUT2D eigenvalue weighted by atomic mass is 16.5. The predicted molar refractivity (Wildman–Crippen MR) is 78.2 cm³/mol. The SMILES string of the molecule is Cc1cc(NN=C2CCOc3ccccc32)nc(C)n1. The van der Waals surface area contributed by atoms with E-state index in [-0.39, 0.29) is 0 Å². The van der Waals surface area contributed by atoms with E-state index in [0.717, 1.165) is 35.0 Å². The third kappa shape index (κ3) is 2.61. The normalized spacial score (nSPS) is 15.6. The van der Waals surface area contributed by atoms with Gasteiger partial charge in [0.25, 0.3) is 0 Å². The molecule has 1 N–H and O–H groups in total. The van der Waals surface area contributed by atoms with E-state index in [2.05, 4.69) is 20.5 Å². The van der Waals surface area contributed by atoms with Crippen LogP contribution in [0.1, 0.15) is 23.5 Å². The Morgan fingerprint density at radius 1 is 1.20 bits per heavy atom. The molecule has 0 bridgehead atoms. The number of para-hydroxylation sites is 1. The van der Waals surface area contributed by atoms with Crippen LogP contribution in [0.5, 0.6) is 5.75 Å². The number of hydrogen-bond donors (Lipinski definition) is 1. The van der Waals surface area contributed by atoms with E-state index in [1.54, 1.807) is 0 Å². The van der Waals surface area contributed by atoms with Gasteiger partial charge in [-0.05, 0) is 26.0 Å². The molecule has 20 heavy (non-hydrogen) atoms. The summed E-state index contributed by atoms with van der Waals surface area (Å²) in [6, 6.07) is 9.81. The lowest BCUT2D eigenvalue weighted by Crippen LogP contribution is -2.17. The number of anilines is 1. The lowest BCUT2D eigenvalue weighted by Gasteiger charge is -2.18. The zero-order valence-electron chi connectivity index (χ0n) is 11.6. The van der Waals surface area contributed by atoms with E-state index in [4.69, 9.17) is 4.74 Å². The minimum Gasteiger partial charge on any atom is -0.492 e. The van der Waals surface area contributed by atoms with Crippen LogP contribution in [-0.2, 0) is 0 Å². The molecular weight excluding hydrogens is 252 g/mol. The van der Waals surface area contributed by atoms with Crippen LogP contribution in [0.25, 0.3) is 0 Å². The minimum atomic E-state index is 0.652. The highest BCUT2D eigenvalue weighted by molar-refractivity contribution is 6.04. The van der Waals surface area contributed by atoms with Crippen LogP contribution in [-0.4, -0.2) is 22.3 Å². The molecule has 2 aromatic rings. The summed E-state index contributed by atoms with van der Waals surface area (Å²) in [4.78, 5) is 8.56. The topological polar surface area (TPSA) is 59.4 Å². The van der Waals surface area contributed by atoms with Crippen LogP contribution in [0, 0.1) is 13.8 Å². The first-order chi connectivity index (χ1) is 9.72. The molecule has 0 atom stereocenters. The van der Waals surface area contributed by atoms with E-state index < -0.39 is 0 Å².